The van der Waals surface area contributed by atoms with Crippen molar-refractivity contribution in [2.45, 2.75) is 26.4 Å². The minimum Gasteiger partial charge on any atom is -0.444 e. The minimum absolute atomic E-state index is 0.151. The Morgan fingerprint density at radius 3 is 2.48 bits per heavy atom. The first-order valence-corrected chi connectivity index (χ1v) is 9.53. The summed E-state index contributed by atoms with van der Waals surface area (Å²) in [7, 11) is 0. The molecule has 1 fully saturated rings. The van der Waals surface area contributed by atoms with Crippen molar-refractivity contribution in [1.82, 2.24) is 15.1 Å². The van der Waals surface area contributed by atoms with Crippen LogP contribution in [0.3, 0.4) is 0 Å². The Kier molecular flexibility index (Phi) is 7.68. The highest BCUT2D eigenvalue weighted by molar-refractivity contribution is 6.32. The molecule has 6 nitrogen and oxygen atoms in total. The molecule has 1 heterocycles. The van der Waals surface area contributed by atoms with Gasteiger partial charge in [-0.2, -0.15) is 0 Å². The maximum Gasteiger partial charge on any atom is 0.410 e. The average molecular weight is 394 g/mol. The molecule has 0 spiro atoms. The Bertz CT molecular complexity index is 677. The molecule has 0 unspecified atom stereocenters. The predicted molar refractivity (Wildman–Crippen MR) is 108 cm³/mol. The summed E-state index contributed by atoms with van der Waals surface area (Å²) in [4.78, 5) is 27.9. The van der Waals surface area contributed by atoms with Crippen LogP contribution >= 0.6 is 11.6 Å². The molecule has 1 aliphatic heterocycles. The van der Waals surface area contributed by atoms with Crippen LogP contribution in [0.15, 0.2) is 30.3 Å². The molecule has 0 aliphatic carbocycles. The van der Waals surface area contributed by atoms with Crippen LogP contribution in [0, 0.1) is 0 Å². The summed E-state index contributed by atoms with van der Waals surface area (Å²) in [6, 6.07) is 7.37. The summed E-state index contributed by atoms with van der Waals surface area (Å²) in [5.74, 6) is -0.151. The van der Waals surface area contributed by atoms with Gasteiger partial charge in [0.1, 0.15) is 5.60 Å². The van der Waals surface area contributed by atoms with Crippen LogP contribution in [0.1, 0.15) is 26.3 Å². The third-order valence-corrected chi connectivity index (χ3v) is 4.41. The van der Waals surface area contributed by atoms with Crippen molar-refractivity contribution < 1.29 is 14.3 Å². The fourth-order valence-electron chi connectivity index (χ4n) is 2.65. The monoisotopic (exact) mass is 393 g/mol. The van der Waals surface area contributed by atoms with Crippen molar-refractivity contribution in [2.24, 2.45) is 0 Å². The molecule has 27 heavy (non-hydrogen) atoms. The van der Waals surface area contributed by atoms with Gasteiger partial charge < -0.3 is 15.0 Å². The van der Waals surface area contributed by atoms with Crippen LogP contribution < -0.4 is 5.32 Å². The number of rotatable bonds is 5. The number of carbonyl (C=O) groups excluding carboxylic acids is 2. The van der Waals surface area contributed by atoms with Crippen LogP contribution in [0.2, 0.25) is 5.02 Å². The van der Waals surface area contributed by atoms with E-state index in [1.807, 2.05) is 39.0 Å². The van der Waals surface area contributed by atoms with E-state index in [9.17, 15) is 9.59 Å². The summed E-state index contributed by atoms with van der Waals surface area (Å²) in [6.45, 7) is 9.70. The molecule has 1 N–H and O–H groups in total. The van der Waals surface area contributed by atoms with Crippen LogP contribution in [-0.4, -0.2) is 66.7 Å². The topological polar surface area (TPSA) is 61.9 Å². The predicted octanol–water partition coefficient (Wildman–Crippen LogP) is 3.02. The van der Waals surface area contributed by atoms with E-state index < -0.39 is 5.60 Å². The number of piperazine rings is 1. The van der Waals surface area contributed by atoms with Gasteiger partial charge in [0.15, 0.2) is 0 Å². The fourth-order valence-corrected chi connectivity index (χ4v) is 2.85. The lowest BCUT2D eigenvalue weighted by atomic mass is 10.2. The number of nitrogens with zero attached hydrogens (tertiary/aromatic N) is 2. The van der Waals surface area contributed by atoms with Gasteiger partial charge in [-0.1, -0.05) is 29.8 Å². The molecule has 0 bridgehead atoms. The molecule has 1 saturated heterocycles. The van der Waals surface area contributed by atoms with Gasteiger partial charge in [0.2, 0.25) is 5.91 Å². The van der Waals surface area contributed by atoms with Crippen molar-refractivity contribution >= 4 is 29.7 Å². The van der Waals surface area contributed by atoms with Crippen molar-refractivity contribution in [1.29, 1.82) is 0 Å². The zero-order chi connectivity index (χ0) is 19.9. The second-order valence-electron chi connectivity index (χ2n) is 7.45. The van der Waals surface area contributed by atoms with Crippen molar-refractivity contribution in [2.75, 3.05) is 39.3 Å². The third-order valence-electron chi connectivity index (χ3n) is 4.07. The number of halogens is 1. The Balaban J connectivity index is 1.66. The smallest absolute Gasteiger partial charge is 0.410 e. The maximum absolute atomic E-state index is 12.0. The SMILES string of the molecule is CC(C)(C)OC(=O)N1CCN(CCNC(=O)/C=C/c2ccccc2Cl)CC1. The minimum atomic E-state index is -0.476. The molecule has 2 rings (SSSR count). The number of hydrogen-bond donors (Lipinski definition) is 1. The Morgan fingerprint density at radius 2 is 1.85 bits per heavy atom. The lowest BCUT2D eigenvalue weighted by Gasteiger charge is -2.35. The van der Waals surface area contributed by atoms with Crippen molar-refractivity contribution in [3.05, 3.63) is 40.9 Å². The largest absolute Gasteiger partial charge is 0.444 e. The molecule has 0 aromatic heterocycles. The van der Waals surface area contributed by atoms with E-state index in [2.05, 4.69) is 10.2 Å². The van der Waals surface area contributed by atoms with E-state index >= 15 is 0 Å². The van der Waals surface area contributed by atoms with E-state index in [4.69, 9.17) is 16.3 Å². The number of amides is 2. The number of ether oxygens (including phenoxy) is 1. The first-order chi connectivity index (χ1) is 12.7. The average Bonchev–Trinajstić information content (AvgIpc) is 2.60. The Morgan fingerprint density at radius 1 is 1.19 bits per heavy atom. The van der Waals surface area contributed by atoms with Gasteiger partial charge in [-0.15, -0.1) is 0 Å². The summed E-state index contributed by atoms with van der Waals surface area (Å²) in [5, 5.41) is 3.48. The summed E-state index contributed by atoms with van der Waals surface area (Å²) in [6.07, 6.45) is 2.93. The fraction of sp³-hybridized carbons (Fsp3) is 0.500. The molecule has 1 aromatic carbocycles. The molecule has 0 saturated carbocycles. The van der Waals surface area contributed by atoms with Crippen molar-refractivity contribution in [3.63, 3.8) is 0 Å². The zero-order valence-corrected chi connectivity index (χ0v) is 17.0. The Hall–Kier alpha value is -2.05. The molecule has 0 radical (unpaired) electrons. The van der Waals surface area contributed by atoms with Crippen molar-refractivity contribution in [3.8, 4) is 0 Å². The van der Waals surface area contributed by atoms with E-state index in [-0.39, 0.29) is 12.0 Å². The first kappa shape index (κ1) is 21.3. The third kappa shape index (κ3) is 7.61. The van der Waals surface area contributed by atoms with Gasteiger partial charge in [-0.3, -0.25) is 9.69 Å². The number of carbonyl (C=O) groups is 2. The maximum atomic E-state index is 12.0. The number of benzene rings is 1. The van der Waals surface area contributed by atoms with E-state index in [0.29, 0.717) is 24.7 Å². The molecule has 7 heteroatoms. The molecule has 1 aliphatic rings. The standard InChI is InChI=1S/C20H28ClN3O3/c1-20(2,3)27-19(26)24-14-12-23(13-15-24)11-10-22-18(25)9-8-16-6-4-5-7-17(16)21/h4-9H,10-15H2,1-3H3,(H,22,25)/b9-8+. The molecular formula is C20H28ClN3O3. The lowest BCUT2D eigenvalue weighted by molar-refractivity contribution is -0.116. The molecular weight excluding hydrogens is 366 g/mol. The molecule has 0 atom stereocenters. The quantitative estimate of drug-likeness (QED) is 0.781. The highest BCUT2D eigenvalue weighted by Crippen LogP contribution is 2.16. The van der Waals surface area contributed by atoms with Gasteiger partial charge in [0.25, 0.3) is 0 Å². The highest BCUT2D eigenvalue weighted by Gasteiger charge is 2.25. The molecule has 2 amide bonds. The summed E-state index contributed by atoms with van der Waals surface area (Å²) < 4.78 is 5.39. The molecule has 1 aromatic rings. The van der Waals surface area contributed by atoms with Crippen LogP contribution in [0.4, 0.5) is 4.79 Å². The highest BCUT2D eigenvalue weighted by atomic mass is 35.5. The van der Waals surface area contributed by atoms with Gasteiger partial charge in [0.05, 0.1) is 0 Å². The summed E-state index contributed by atoms with van der Waals surface area (Å²) in [5.41, 5.74) is 0.336. The number of nitrogens with one attached hydrogen (secondary N) is 1. The van der Waals surface area contributed by atoms with Crippen LogP contribution in [-0.2, 0) is 9.53 Å². The van der Waals surface area contributed by atoms with E-state index in [1.54, 1.807) is 17.0 Å². The summed E-state index contributed by atoms with van der Waals surface area (Å²) >= 11 is 6.06. The van der Waals surface area contributed by atoms with Gasteiger partial charge in [0, 0.05) is 50.4 Å². The zero-order valence-electron chi connectivity index (χ0n) is 16.2. The molecule has 148 valence electrons. The van der Waals surface area contributed by atoms with E-state index in [1.165, 1.54) is 6.08 Å². The second kappa shape index (κ2) is 9.76. The normalized spacial score (nSPS) is 15.8. The van der Waals surface area contributed by atoms with Gasteiger partial charge >= 0.3 is 6.09 Å². The van der Waals surface area contributed by atoms with Crippen LogP contribution in [0.25, 0.3) is 6.08 Å². The van der Waals surface area contributed by atoms with E-state index in [0.717, 1.165) is 25.2 Å². The van der Waals surface area contributed by atoms with Crippen LogP contribution in [0.5, 0.6) is 0 Å². The Labute approximate surface area is 166 Å². The second-order valence-corrected chi connectivity index (χ2v) is 7.86. The lowest BCUT2D eigenvalue weighted by Crippen LogP contribution is -2.51. The first-order valence-electron chi connectivity index (χ1n) is 9.15. The van der Waals surface area contributed by atoms with Gasteiger partial charge in [-0.25, -0.2) is 4.79 Å². The number of hydrogen-bond acceptors (Lipinski definition) is 4. The van der Waals surface area contributed by atoms with Gasteiger partial charge in [-0.05, 0) is 38.5 Å².